The Kier molecular flexibility index (Phi) is 5.31. The maximum absolute atomic E-state index is 11.2. The van der Waals surface area contributed by atoms with Crippen LogP contribution in [-0.2, 0) is 0 Å². The predicted octanol–water partition coefficient (Wildman–Crippen LogP) is 4.98. The average Bonchev–Trinajstić information content (AvgIpc) is 3.27. The summed E-state index contributed by atoms with van der Waals surface area (Å²) in [5.74, 6) is 0.510. The lowest BCUT2D eigenvalue weighted by atomic mass is 10.1. The molecule has 130 valence electrons. The normalized spacial score (nSPS) is 10.7. The summed E-state index contributed by atoms with van der Waals surface area (Å²) in [5, 5.41) is 12.0. The Morgan fingerprint density at radius 1 is 1.20 bits per heavy atom. The Hall–Kier alpha value is -2.03. The maximum Gasteiger partial charge on any atom is 0.345 e. The SMILES string of the molecule is COc1ccc(OC)c(-c2csc(-c3cc(C(=O)O)sc3SC)n2)c1. The zero-order valence-electron chi connectivity index (χ0n) is 13.7. The van der Waals surface area contributed by atoms with Crippen molar-refractivity contribution in [3.05, 3.63) is 34.5 Å². The Labute approximate surface area is 157 Å². The quantitative estimate of drug-likeness (QED) is 0.596. The third kappa shape index (κ3) is 3.51. The zero-order valence-corrected chi connectivity index (χ0v) is 16.2. The molecule has 0 aliphatic carbocycles. The van der Waals surface area contributed by atoms with Crippen LogP contribution in [0.2, 0.25) is 0 Å². The van der Waals surface area contributed by atoms with Crippen LogP contribution >= 0.6 is 34.4 Å². The van der Waals surface area contributed by atoms with Gasteiger partial charge in [-0.2, -0.15) is 0 Å². The van der Waals surface area contributed by atoms with Crippen LogP contribution in [-0.4, -0.2) is 36.5 Å². The smallest absolute Gasteiger partial charge is 0.345 e. The molecule has 0 bridgehead atoms. The van der Waals surface area contributed by atoms with E-state index in [0.717, 1.165) is 31.8 Å². The monoisotopic (exact) mass is 393 g/mol. The van der Waals surface area contributed by atoms with E-state index in [0.29, 0.717) is 10.6 Å². The van der Waals surface area contributed by atoms with Crippen LogP contribution in [0.4, 0.5) is 0 Å². The molecule has 8 heteroatoms. The summed E-state index contributed by atoms with van der Waals surface area (Å²) in [4.78, 5) is 16.3. The van der Waals surface area contributed by atoms with E-state index < -0.39 is 5.97 Å². The number of aromatic carboxylic acids is 1. The van der Waals surface area contributed by atoms with Gasteiger partial charge in [0.25, 0.3) is 0 Å². The minimum Gasteiger partial charge on any atom is -0.497 e. The number of carboxylic acid groups (broad SMARTS) is 1. The largest absolute Gasteiger partial charge is 0.497 e. The Morgan fingerprint density at radius 3 is 2.64 bits per heavy atom. The van der Waals surface area contributed by atoms with Gasteiger partial charge < -0.3 is 14.6 Å². The van der Waals surface area contributed by atoms with Crippen LogP contribution in [0.3, 0.4) is 0 Å². The summed E-state index contributed by atoms with van der Waals surface area (Å²) in [5.41, 5.74) is 2.46. The first-order chi connectivity index (χ1) is 12.1. The lowest BCUT2D eigenvalue weighted by Crippen LogP contribution is -1.91. The van der Waals surface area contributed by atoms with Gasteiger partial charge in [0.1, 0.15) is 21.4 Å². The van der Waals surface area contributed by atoms with Gasteiger partial charge in [-0.15, -0.1) is 34.4 Å². The van der Waals surface area contributed by atoms with E-state index in [1.807, 2.05) is 29.8 Å². The van der Waals surface area contributed by atoms with Crippen molar-refractivity contribution < 1.29 is 19.4 Å². The summed E-state index contributed by atoms with van der Waals surface area (Å²) in [7, 11) is 3.23. The minimum atomic E-state index is -0.919. The molecule has 0 saturated heterocycles. The third-order valence-electron chi connectivity index (χ3n) is 3.51. The molecular weight excluding hydrogens is 378 g/mol. The number of ether oxygens (including phenoxy) is 2. The molecule has 0 aliphatic heterocycles. The molecule has 25 heavy (non-hydrogen) atoms. The van der Waals surface area contributed by atoms with Crippen LogP contribution in [0.5, 0.6) is 11.5 Å². The van der Waals surface area contributed by atoms with Crippen molar-refractivity contribution in [2.24, 2.45) is 0 Å². The fourth-order valence-electron chi connectivity index (χ4n) is 2.32. The molecular formula is C17H15NO4S3. The van der Waals surface area contributed by atoms with Gasteiger partial charge in [-0.3, -0.25) is 0 Å². The second-order valence-corrected chi connectivity index (χ2v) is 7.91. The van der Waals surface area contributed by atoms with E-state index in [-0.39, 0.29) is 0 Å². The number of carboxylic acids is 1. The van der Waals surface area contributed by atoms with E-state index in [4.69, 9.17) is 14.5 Å². The molecule has 0 fully saturated rings. The third-order valence-corrected chi connectivity index (χ3v) is 6.65. The molecule has 0 aliphatic rings. The van der Waals surface area contributed by atoms with Crippen molar-refractivity contribution in [1.29, 1.82) is 0 Å². The van der Waals surface area contributed by atoms with Crippen LogP contribution < -0.4 is 9.47 Å². The number of benzene rings is 1. The molecule has 0 spiro atoms. The second-order valence-electron chi connectivity index (χ2n) is 4.93. The minimum absolute atomic E-state index is 0.315. The van der Waals surface area contributed by atoms with Gasteiger partial charge in [0, 0.05) is 16.5 Å². The van der Waals surface area contributed by atoms with Gasteiger partial charge in [-0.05, 0) is 30.5 Å². The van der Waals surface area contributed by atoms with E-state index in [2.05, 4.69) is 0 Å². The number of thiophene rings is 1. The van der Waals surface area contributed by atoms with Gasteiger partial charge >= 0.3 is 5.97 Å². The van der Waals surface area contributed by atoms with Gasteiger partial charge in [0.15, 0.2) is 0 Å². The van der Waals surface area contributed by atoms with Crippen molar-refractivity contribution in [2.75, 3.05) is 20.5 Å². The summed E-state index contributed by atoms with van der Waals surface area (Å²) in [6, 6.07) is 7.24. The maximum atomic E-state index is 11.2. The van der Waals surface area contributed by atoms with Gasteiger partial charge in [0.05, 0.1) is 24.1 Å². The van der Waals surface area contributed by atoms with Gasteiger partial charge in [-0.25, -0.2) is 9.78 Å². The summed E-state index contributed by atoms with van der Waals surface area (Å²) in [6.45, 7) is 0. The molecule has 3 aromatic rings. The predicted molar refractivity (Wildman–Crippen MR) is 103 cm³/mol. The molecule has 1 aromatic carbocycles. The Balaban J connectivity index is 2.05. The number of rotatable bonds is 6. The highest BCUT2D eigenvalue weighted by Gasteiger charge is 2.18. The van der Waals surface area contributed by atoms with Gasteiger partial charge in [-0.1, -0.05) is 0 Å². The lowest BCUT2D eigenvalue weighted by molar-refractivity contribution is 0.0702. The van der Waals surface area contributed by atoms with Crippen LogP contribution in [0.1, 0.15) is 9.67 Å². The molecule has 5 nitrogen and oxygen atoms in total. The van der Waals surface area contributed by atoms with Gasteiger partial charge in [0.2, 0.25) is 0 Å². The second kappa shape index (κ2) is 7.47. The Morgan fingerprint density at radius 2 is 2.00 bits per heavy atom. The Bertz CT molecular complexity index is 917. The number of aromatic nitrogens is 1. The molecule has 2 aromatic heterocycles. The fourth-order valence-corrected chi connectivity index (χ4v) is 4.99. The average molecular weight is 394 g/mol. The van der Waals surface area contributed by atoms with E-state index in [9.17, 15) is 9.90 Å². The molecule has 3 rings (SSSR count). The highest BCUT2D eigenvalue weighted by Crippen LogP contribution is 2.41. The van der Waals surface area contributed by atoms with Crippen LogP contribution in [0, 0.1) is 0 Å². The van der Waals surface area contributed by atoms with E-state index in [1.165, 1.54) is 34.4 Å². The summed E-state index contributed by atoms with van der Waals surface area (Å²) >= 11 is 4.27. The van der Waals surface area contributed by atoms with Crippen LogP contribution in [0.25, 0.3) is 21.8 Å². The number of hydrogen-bond acceptors (Lipinski definition) is 7. The number of methoxy groups -OCH3 is 2. The van der Waals surface area contributed by atoms with Crippen molar-refractivity contribution in [3.63, 3.8) is 0 Å². The van der Waals surface area contributed by atoms with Crippen molar-refractivity contribution in [3.8, 4) is 33.3 Å². The number of carbonyl (C=O) groups is 1. The molecule has 1 N–H and O–H groups in total. The topological polar surface area (TPSA) is 68.7 Å². The van der Waals surface area contributed by atoms with E-state index >= 15 is 0 Å². The molecule has 2 heterocycles. The molecule has 0 unspecified atom stereocenters. The molecule has 0 amide bonds. The van der Waals surface area contributed by atoms with E-state index in [1.54, 1.807) is 20.3 Å². The number of thiazole rings is 1. The number of hydrogen-bond donors (Lipinski definition) is 1. The highest BCUT2D eigenvalue weighted by atomic mass is 32.2. The zero-order chi connectivity index (χ0) is 18.0. The summed E-state index contributed by atoms with van der Waals surface area (Å²) in [6.07, 6.45) is 1.93. The molecule has 0 radical (unpaired) electrons. The summed E-state index contributed by atoms with van der Waals surface area (Å²) < 4.78 is 11.7. The fraction of sp³-hybridized carbons (Fsp3) is 0.176. The molecule has 0 saturated carbocycles. The van der Waals surface area contributed by atoms with Crippen molar-refractivity contribution in [1.82, 2.24) is 4.98 Å². The first kappa shape index (κ1) is 17.8. The standard InChI is InChI=1S/C17H15NO4S3/c1-21-9-4-5-13(22-2)10(6-9)12-8-24-15(18-12)11-7-14(16(19)20)25-17(11)23-3/h4-8H,1-3H3,(H,19,20). The van der Waals surface area contributed by atoms with Crippen LogP contribution in [0.15, 0.2) is 33.9 Å². The molecule has 0 atom stereocenters. The first-order valence-electron chi connectivity index (χ1n) is 7.16. The first-order valence-corrected chi connectivity index (χ1v) is 10.1. The lowest BCUT2D eigenvalue weighted by Gasteiger charge is -2.08. The van der Waals surface area contributed by atoms with Crippen molar-refractivity contribution in [2.45, 2.75) is 4.21 Å². The number of thioether (sulfide) groups is 1. The number of nitrogens with zero attached hydrogens (tertiary/aromatic N) is 1. The van der Waals surface area contributed by atoms with Crippen molar-refractivity contribution >= 4 is 40.4 Å². The highest BCUT2D eigenvalue weighted by molar-refractivity contribution is 8.00.